The van der Waals surface area contributed by atoms with E-state index < -0.39 is 12.8 Å². The van der Waals surface area contributed by atoms with Crippen molar-refractivity contribution in [2.75, 3.05) is 37.4 Å². The van der Waals surface area contributed by atoms with Gasteiger partial charge in [0.15, 0.2) is 0 Å². The molecular weight excluding hydrogens is 273 g/mol. The van der Waals surface area contributed by atoms with Crippen molar-refractivity contribution in [3.8, 4) is 0 Å². The number of hydrogen-bond acceptors (Lipinski definition) is 5. The highest BCUT2D eigenvalue weighted by atomic mass is 19.4. The summed E-state index contributed by atoms with van der Waals surface area (Å²) in [5.74, 6) is 1.35. The molecule has 0 aliphatic rings. The molecule has 1 aromatic heterocycles. The maximum atomic E-state index is 11.9. The molecule has 1 aromatic rings. The van der Waals surface area contributed by atoms with Gasteiger partial charge in [-0.3, -0.25) is 0 Å². The summed E-state index contributed by atoms with van der Waals surface area (Å²) in [6.45, 7) is 1.02. The van der Waals surface area contributed by atoms with E-state index in [1.54, 1.807) is 7.05 Å². The van der Waals surface area contributed by atoms with E-state index >= 15 is 0 Å². The first-order valence-electron chi connectivity index (χ1n) is 6.38. The maximum Gasteiger partial charge on any atom is 0.411 e. The van der Waals surface area contributed by atoms with Crippen molar-refractivity contribution in [2.45, 2.75) is 25.9 Å². The molecule has 2 N–H and O–H groups in total. The molecule has 0 bridgehead atoms. The van der Waals surface area contributed by atoms with Crippen LogP contribution >= 0.6 is 0 Å². The van der Waals surface area contributed by atoms with Gasteiger partial charge in [0, 0.05) is 19.2 Å². The largest absolute Gasteiger partial charge is 0.411 e. The number of hydrogen-bond donors (Lipinski definition) is 2. The summed E-state index contributed by atoms with van der Waals surface area (Å²) in [6.07, 6.45) is -1.18. The molecule has 0 saturated carbocycles. The van der Waals surface area contributed by atoms with Gasteiger partial charge in [0.1, 0.15) is 24.6 Å². The Labute approximate surface area is 116 Å². The van der Waals surface area contributed by atoms with Crippen LogP contribution in [0.1, 0.15) is 18.9 Å². The van der Waals surface area contributed by atoms with Crippen LogP contribution in [0.4, 0.5) is 24.8 Å². The summed E-state index contributed by atoms with van der Waals surface area (Å²) in [5, 5.41) is 5.95. The molecule has 1 rings (SSSR count). The number of aromatic nitrogens is 2. The van der Waals surface area contributed by atoms with Crippen molar-refractivity contribution in [2.24, 2.45) is 0 Å². The average molecular weight is 292 g/mol. The third-order valence-corrected chi connectivity index (χ3v) is 2.49. The van der Waals surface area contributed by atoms with Crippen LogP contribution < -0.4 is 10.6 Å². The van der Waals surface area contributed by atoms with Gasteiger partial charge in [0.2, 0.25) is 0 Å². The van der Waals surface area contributed by atoms with Gasteiger partial charge in [-0.2, -0.15) is 13.2 Å². The molecule has 0 radical (unpaired) electrons. The minimum atomic E-state index is -4.29. The van der Waals surface area contributed by atoms with Crippen LogP contribution in [0, 0.1) is 0 Å². The van der Waals surface area contributed by atoms with E-state index in [2.05, 4.69) is 25.3 Å². The lowest BCUT2D eigenvalue weighted by atomic mass is 10.1. The van der Waals surface area contributed by atoms with Crippen LogP contribution in [0.2, 0.25) is 0 Å². The van der Waals surface area contributed by atoms with E-state index in [0.717, 1.165) is 24.2 Å². The summed E-state index contributed by atoms with van der Waals surface area (Å²) in [6, 6.07) is 0. The van der Waals surface area contributed by atoms with Crippen molar-refractivity contribution in [3.63, 3.8) is 0 Å². The lowest BCUT2D eigenvalue weighted by Crippen LogP contribution is -2.20. The molecule has 0 fully saturated rings. The quantitative estimate of drug-likeness (QED) is 0.721. The number of ether oxygens (including phenoxy) is 1. The van der Waals surface area contributed by atoms with E-state index in [0.29, 0.717) is 5.82 Å². The van der Waals surface area contributed by atoms with Crippen LogP contribution in [0.5, 0.6) is 0 Å². The lowest BCUT2D eigenvalue weighted by molar-refractivity contribution is -0.172. The van der Waals surface area contributed by atoms with Gasteiger partial charge in [-0.1, -0.05) is 13.3 Å². The van der Waals surface area contributed by atoms with Gasteiger partial charge in [-0.25, -0.2) is 9.97 Å². The molecule has 1 heterocycles. The van der Waals surface area contributed by atoms with E-state index in [1.165, 1.54) is 6.33 Å². The zero-order chi connectivity index (χ0) is 15.0. The second-order valence-electron chi connectivity index (χ2n) is 4.14. The molecule has 114 valence electrons. The fourth-order valence-corrected chi connectivity index (χ4v) is 1.70. The molecule has 0 saturated heterocycles. The van der Waals surface area contributed by atoms with Crippen molar-refractivity contribution in [3.05, 3.63) is 11.9 Å². The summed E-state index contributed by atoms with van der Waals surface area (Å²) in [7, 11) is 1.76. The minimum absolute atomic E-state index is 0.0377. The van der Waals surface area contributed by atoms with Gasteiger partial charge in [-0.05, 0) is 6.42 Å². The number of halogens is 3. The molecule has 0 amide bonds. The van der Waals surface area contributed by atoms with Gasteiger partial charge in [-0.15, -0.1) is 0 Å². The van der Waals surface area contributed by atoms with Crippen LogP contribution in [0.15, 0.2) is 6.33 Å². The number of nitrogens with zero attached hydrogens (tertiary/aromatic N) is 2. The number of alkyl halides is 3. The van der Waals surface area contributed by atoms with Crippen molar-refractivity contribution in [1.29, 1.82) is 0 Å². The Morgan fingerprint density at radius 1 is 1.25 bits per heavy atom. The fraction of sp³-hybridized carbons (Fsp3) is 0.667. The Hall–Kier alpha value is -1.57. The Morgan fingerprint density at radius 3 is 2.55 bits per heavy atom. The normalized spacial score (nSPS) is 11.4. The maximum absolute atomic E-state index is 11.9. The predicted octanol–water partition coefficient (Wildman–Crippen LogP) is 2.46. The highest BCUT2D eigenvalue weighted by molar-refractivity contribution is 5.57. The molecule has 20 heavy (non-hydrogen) atoms. The standard InChI is InChI=1S/C12H19F3N4O/c1-3-4-9-10(16-2)18-8-19-11(9)17-5-6-20-7-12(13,14)15/h8H,3-7H2,1-2H3,(H2,16,17,18,19). The van der Waals surface area contributed by atoms with E-state index in [1.807, 2.05) is 6.92 Å². The smallest absolute Gasteiger partial charge is 0.373 e. The van der Waals surface area contributed by atoms with Crippen LogP contribution in [-0.4, -0.2) is 43.0 Å². The molecule has 0 aromatic carbocycles. The zero-order valence-electron chi connectivity index (χ0n) is 11.5. The van der Waals surface area contributed by atoms with Gasteiger partial charge in [0.25, 0.3) is 0 Å². The second kappa shape index (κ2) is 7.88. The zero-order valence-corrected chi connectivity index (χ0v) is 11.5. The van der Waals surface area contributed by atoms with E-state index in [-0.39, 0.29) is 13.2 Å². The first-order chi connectivity index (χ1) is 9.48. The van der Waals surface area contributed by atoms with Gasteiger partial charge < -0.3 is 15.4 Å². The molecule has 0 aliphatic carbocycles. The molecule has 0 spiro atoms. The topological polar surface area (TPSA) is 59.1 Å². The summed E-state index contributed by atoms with van der Waals surface area (Å²) >= 11 is 0. The lowest BCUT2D eigenvalue weighted by Gasteiger charge is -2.14. The third kappa shape index (κ3) is 5.60. The van der Waals surface area contributed by atoms with Gasteiger partial charge in [0.05, 0.1) is 6.61 Å². The monoisotopic (exact) mass is 292 g/mol. The third-order valence-electron chi connectivity index (χ3n) is 2.49. The number of anilines is 2. The number of rotatable bonds is 8. The Morgan fingerprint density at radius 2 is 1.95 bits per heavy atom. The molecule has 5 nitrogen and oxygen atoms in total. The fourth-order valence-electron chi connectivity index (χ4n) is 1.70. The van der Waals surface area contributed by atoms with E-state index in [9.17, 15) is 13.2 Å². The Bertz CT molecular complexity index is 412. The molecule has 0 unspecified atom stereocenters. The predicted molar refractivity (Wildman–Crippen MR) is 70.9 cm³/mol. The Kier molecular flexibility index (Phi) is 6.50. The molecule has 0 aliphatic heterocycles. The van der Waals surface area contributed by atoms with Crippen molar-refractivity contribution < 1.29 is 17.9 Å². The van der Waals surface area contributed by atoms with Crippen molar-refractivity contribution in [1.82, 2.24) is 9.97 Å². The molecule has 8 heteroatoms. The summed E-state index contributed by atoms with van der Waals surface area (Å²) < 4.78 is 40.2. The second-order valence-corrected chi connectivity index (χ2v) is 4.14. The van der Waals surface area contributed by atoms with Crippen LogP contribution in [-0.2, 0) is 11.2 Å². The van der Waals surface area contributed by atoms with Crippen LogP contribution in [0.25, 0.3) is 0 Å². The highest BCUT2D eigenvalue weighted by Crippen LogP contribution is 2.21. The first kappa shape index (κ1) is 16.5. The SMILES string of the molecule is CCCc1c(NC)ncnc1NCCOCC(F)(F)F. The summed E-state index contributed by atoms with van der Waals surface area (Å²) in [4.78, 5) is 8.22. The van der Waals surface area contributed by atoms with Crippen molar-refractivity contribution >= 4 is 11.6 Å². The van der Waals surface area contributed by atoms with Gasteiger partial charge >= 0.3 is 6.18 Å². The molecular formula is C12H19F3N4O. The molecule has 0 atom stereocenters. The van der Waals surface area contributed by atoms with Crippen LogP contribution in [0.3, 0.4) is 0 Å². The average Bonchev–Trinajstić information content (AvgIpc) is 2.38. The Balaban J connectivity index is 2.51. The minimum Gasteiger partial charge on any atom is -0.373 e. The summed E-state index contributed by atoms with van der Waals surface area (Å²) in [5.41, 5.74) is 0.924. The number of nitrogens with one attached hydrogen (secondary N) is 2. The first-order valence-corrected chi connectivity index (χ1v) is 6.38. The van der Waals surface area contributed by atoms with E-state index in [4.69, 9.17) is 0 Å². The highest BCUT2D eigenvalue weighted by Gasteiger charge is 2.27.